The van der Waals surface area contributed by atoms with Crippen molar-refractivity contribution in [1.29, 1.82) is 0 Å². The smallest absolute Gasteiger partial charge is 0.265 e. The number of carbonyl (C=O) groups is 2. The first-order chi connectivity index (χ1) is 15.8. The van der Waals surface area contributed by atoms with Crippen LogP contribution in [0.3, 0.4) is 0 Å². The number of carbonyl (C=O) groups excluding carboxylic acids is 2. The minimum absolute atomic E-state index is 0.0977. The highest BCUT2D eigenvalue weighted by molar-refractivity contribution is 9.10. The Bertz CT molecular complexity index is 1290. The quantitative estimate of drug-likeness (QED) is 0.525. The number of halogens is 2. The summed E-state index contributed by atoms with van der Waals surface area (Å²) < 4.78 is 7.30. The lowest BCUT2D eigenvalue weighted by molar-refractivity contribution is -0.137. The Morgan fingerprint density at radius 3 is 2.61 bits per heavy atom. The number of ether oxygens (including phenoxy) is 1. The Kier molecular flexibility index (Phi) is 6.71. The van der Waals surface area contributed by atoms with E-state index >= 15 is 0 Å². The second-order valence-corrected chi connectivity index (χ2v) is 9.33. The number of fused-ring (bicyclic) bond motifs is 1. The summed E-state index contributed by atoms with van der Waals surface area (Å²) in [6.07, 6.45) is 1.51. The number of hydrogen-bond acceptors (Lipinski definition) is 5. The Morgan fingerprint density at radius 2 is 1.97 bits per heavy atom. The van der Waals surface area contributed by atoms with E-state index in [1.807, 2.05) is 0 Å². The van der Waals surface area contributed by atoms with Crippen LogP contribution in [0.5, 0.6) is 5.75 Å². The summed E-state index contributed by atoms with van der Waals surface area (Å²) in [6, 6.07) is 8.49. The topological polar surface area (TPSA) is 93.5 Å². The third-order valence-electron chi connectivity index (χ3n) is 5.55. The lowest BCUT2D eigenvalue weighted by Gasteiger charge is -2.37. The van der Waals surface area contributed by atoms with Gasteiger partial charge in [0.15, 0.2) is 0 Å². The molecule has 0 bridgehead atoms. The van der Waals surface area contributed by atoms with E-state index in [0.29, 0.717) is 39.6 Å². The van der Waals surface area contributed by atoms with Gasteiger partial charge in [-0.2, -0.15) is 0 Å². The zero-order chi connectivity index (χ0) is 23.7. The van der Waals surface area contributed by atoms with Crippen LogP contribution in [0.15, 0.2) is 45.8 Å². The summed E-state index contributed by atoms with van der Waals surface area (Å²) in [6.45, 7) is 3.36. The van der Waals surface area contributed by atoms with Crippen LogP contribution in [-0.2, 0) is 17.9 Å². The van der Waals surface area contributed by atoms with Gasteiger partial charge in [0.25, 0.3) is 11.5 Å². The molecule has 1 saturated heterocycles. The summed E-state index contributed by atoms with van der Waals surface area (Å²) in [5.41, 5.74) is 0.420. The predicted molar refractivity (Wildman–Crippen MR) is 129 cm³/mol. The van der Waals surface area contributed by atoms with Gasteiger partial charge in [-0.05, 0) is 45.6 Å². The van der Waals surface area contributed by atoms with Gasteiger partial charge in [0.1, 0.15) is 23.5 Å². The van der Waals surface area contributed by atoms with Crippen LogP contribution in [0, 0.1) is 5.92 Å². The molecule has 3 aromatic rings. The first-order valence-corrected chi connectivity index (χ1v) is 11.5. The van der Waals surface area contributed by atoms with Gasteiger partial charge in [0, 0.05) is 30.9 Å². The molecule has 0 spiro atoms. The van der Waals surface area contributed by atoms with Crippen LogP contribution < -0.4 is 15.6 Å². The second-order valence-electron chi connectivity index (χ2n) is 8.04. The highest BCUT2D eigenvalue weighted by Gasteiger charge is 2.28. The average molecular weight is 534 g/mol. The monoisotopic (exact) mass is 532 g/mol. The number of pyridine rings is 2. The molecule has 0 atom stereocenters. The van der Waals surface area contributed by atoms with Crippen molar-refractivity contribution in [3.8, 4) is 5.75 Å². The highest BCUT2D eigenvalue weighted by Crippen LogP contribution is 2.32. The molecule has 1 N–H and O–H groups in total. The molecule has 172 valence electrons. The third kappa shape index (κ3) is 4.74. The van der Waals surface area contributed by atoms with Crippen molar-refractivity contribution < 1.29 is 14.3 Å². The summed E-state index contributed by atoms with van der Waals surface area (Å²) in [4.78, 5) is 45.1. The van der Waals surface area contributed by atoms with E-state index in [9.17, 15) is 14.4 Å². The third-order valence-corrected chi connectivity index (χ3v) is 6.36. The molecule has 0 radical (unpaired) electrons. The van der Waals surface area contributed by atoms with E-state index in [4.69, 9.17) is 16.3 Å². The molecule has 0 saturated carbocycles. The molecule has 2 amide bonds. The maximum Gasteiger partial charge on any atom is 0.265 e. The molecular formula is C23H22BrClN4O4. The van der Waals surface area contributed by atoms with Crippen molar-refractivity contribution in [3.63, 3.8) is 0 Å². The van der Waals surface area contributed by atoms with Crippen LogP contribution in [0.4, 0.5) is 0 Å². The Labute approximate surface area is 203 Å². The second kappa shape index (κ2) is 9.52. The summed E-state index contributed by atoms with van der Waals surface area (Å²) in [5, 5.41) is 3.80. The van der Waals surface area contributed by atoms with Gasteiger partial charge >= 0.3 is 0 Å². The van der Waals surface area contributed by atoms with Crippen molar-refractivity contribution in [3.05, 3.63) is 67.5 Å². The molecule has 33 heavy (non-hydrogen) atoms. The predicted octanol–water partition coefficient (Wildman–Crippen LogP) is 3.23. The van der Waals surface area contributed by atoms with Gasteiger partial charge in [-0.15, -0.1) is 0 Å². The summed E-state index contributed by atoms with van der Waals surface area (Å²) in [7, 11) is 1.49. The molecule has 1 fully saturated rings. The number of methoxy groups -OCH3 is 1. The number of amides is 2. The Morgan fingerprint density at radius 1 is 1.27 bits per heavy atom. The van der Waals surface area contributed by atoms with E-state index in [1.165, 1.54) is 23.9 Å². The van der Waals surface area contributed by atoms with E-state index in [-0.39, 0.29) is 30.2 Å². The fourth-order valence-electron chi connectivity index (χ4n) is 3.80. The number of benzene rings is 1. The van der Waals surface area contributed by atoms with Crippen LogP contribution in [0.2, 0.25) is 5.02 Å². The van der Waals surface area contributed by atoms with Crippen LogP contribution in [-0.4, -0.2) is 46.5 Å². The zero-order valence-electron chi connectivity index (χ0n) is 18.1. The van der Waals surface area contributed by atoms with Gasteiger partial charge in [-0.1, -0.05) is 30.7 Å². The van der Waals surface area contributed by atoms with Crippen molar-refractivity contribution >= 4 is 50.4 Å². The SMILES string of the molecule is COc1c(Br)cnc2c1cc(C(=O)NCc1ccc(Cl)cc1)c(=O)n2CC(=O)N1CC(C)C1. The van der Waals surface area contributed by atoms with Gasteiger partial charge in [-0.3, -0.25) is 19.0 Å². The van der Waals surface area contributed by atoms with E-state index in [1.54, 1.807) is 29.2 Å². The number of nitrogens with one attached hydrogen (secondary N) is 1. The molecule has 2 aromatic heterocycles. The van der Waals surface area contributed by atoms with E-state index in [0.717, 1.165) is 5.56 Å². The molecule has 0 aliphatic carbocycles. The fraction of sp³-hybridized carbons (Fsp3) is 0.304. The molecular weight excluding hydrogens is 512 g/mol. The van der Waals surface area contributed by atoms with Gasteiger partial charge in [0.05, 0.1) is 17.0 Å². The molecule has 1 aliphatic heterocycles. The number of likely N-dealkylation sites (tertiary alicyclic amines) is 1. The fourth-order valence-corrected chi connectivity index (χ4v) is 4.41. The maximum absolute atomic E-state index is 13.3. The maximum atomic E-state index is 13.3. The van der Waals surface area contributed by atoms with E-state index < -0.39 is 11.5 Å². The van der Waals surface area contributed by atoms with Crippen LogP contribution >= 0.6 is 27.5 Å². The molecule has 10 heteroatoms. The first-order valence-electron chi connectivity index (χ1n) is 10.3. The number of nitrogens with zero attached hydrogens (tertiary/aromatic N) is 3. The zero-order valence-corrected chi connectivity index (χ0v) is 20.4. The molecule has 1 aliphatic rings. The largest absolute Gasteiger partial charge is 0.495 e. The lowest BCUT2D eigenvalue weighted by atomic mass is 10.0. The standard InChI is InChI=1S/C23H22BrClN4O4/c1-13-10-28(11-13)19(30)12-29-21-16(20(33-2)18(24)9-26-21)7-17(23(29)32)22(31)27-8-14-3-5-15(25)6-4-14/h3-7,9,13H,8,10-12H2,1-2H3,(H,27,31). The molecule has 4 rings (SSSR count). The molecule has 3 heterocycles. The Balaban J connectivity index is 1.72. The summed E-state index contributed by atoms with van der Waals surface area (Å²) in [5.74, 6) is 0.101. The van der Waals surface area contributed by atoms with Crippen molar-refractivity contribution in [2.24, 2.45) is 5.92 Å². The summed E-state index contributed by atoms with van der Waals surface area (Å²) >= 11 is 9.30. The van der Waals surface area contributed by atoms with Crippen LogP contribution in [0.25, 0.3) is 11.0 Å². The van der Waals surface area contributed by atoms with Gasteiger partial charge < -0.3 is 15.0 Å². The normalized spacial score (nSPS) is 13.6. The molecule has 0 unspecified atom stereocenters. The minimum Gasteiger partial charge on any atom is -0.495 e. The first kappa shape index (κ1) is 23.3. The van der Waals surface area contributed by atoms with Gasteiger partial charge in [-0.25, -0.2) is 4.98 Å². The van der Waals surface area contributed by atoms with Gasteiger partial charge in [0.2, 0.25) is 5.91 Å². The number of hydrogen-bond donors (Lipinski definition) is 1. The molecule has 8 nitrogen and oxygen atoms in total. The van der Waals surface area contributed by atoms with Crippen molar-refractivity contribution in [2.75, 3.05) is 20.2 Å². The Hall–Kier alpha value is -2.91. The van der Waals surface area contributed by atoms with E-state index in [2.05, 4.69) is 33.2 Å². The lowest BCUT2D eigenvalue weighted by Crippen LogP contribution is -2.50. The minimum atomic E-state index is -0.588. The number of aromatic nitrogens is 2. The highest BCUT2D eigenvalue weighted by atomic mass is 79.9. The molecule has 1 aromatic carbocycles. The van der Waals surface area contributed by atoms with Crippen molar-refractivity contribution in [2.45, 2.75) is 20.0 Å². The number of rotatable bonds is 6. The van der Waals surface area contributed by atoms with Crippen molar-refractivity contribution in [1.82, 2.24) is 19.8 Å². The average Bonchev–Trinajstić information content (AvgIpc) is 2.77. The van der Waals surface area contributed by atoms with Crippen LogP contribution in [0.1, 0.15) is 22.8 Å².